The topological polar surface area (TPSA) is 54.2 Å². The van der Waals surface area contributed by atoms with E-state index in [-0.39, 0.29) is 5.82 Å². The first-order valence-electron chi connectivity index (χ1n) is 6.25. The summed E-state index contributed by atoms with van der Waals surface area (Å²) in [5.41, 5.74) is 1.46. The maximum absolute atomic E-state index is 12.8. The fourth-order valence-corrected chi connectivity index (χ4v) is 2.29. The maximum Gasteiger partial charge on any atom is 0.416 e. The molecule has 4 nitrogen and oxygen atoms in total. The zero-order valence-electron chi connectivity index (χ0n) is 10.7. The number of hydrazine groups is 1. The highest BCUT2D eigenvalue weighted by atomic mass is 19.4. The molecule has 1 aliphatic rings. The third-order valence-electron chi connectivity index (χ3n) is 3.47. The number of hydrogen-bond donors (Lipinski definition) is 2. The molecule has 0 aromatic carbocycles. The van der Waals surface area contributed by atoms with E-state index in [4.69, 9.17) is 5.84 Å². The van der Waals surface area contributed by atoms with E-state index in [1.54, 1.807) is 0 Å². The first kappa shape index (κ1) is 13.9. The minimum absolute atomic E-state index is 0.0322. The van der Waals surface area contributed by atoms with Gasteiger partial charge >= 0.3 is 6.18 Å². The Balaban J connectivity index is 2.30. The molecule has 1 saturated heterocycles. The van der Waals surface area contributed by atoms with Crippen LogP contribution < -0.4 is 16.2 Å². The van der Waals surface area contributed by atoms with E-state index in [9.17, 15) is 13.2 Å². The van der Waals surface area contributed by atoms with Crippen molar-refractivity contribution in [2.75, 3.05) is 23.4 Å². The van der Waals surface area contributed by atoms with Gasteiger partial charge in [0.2, 0.25) is 0 Å². The third-order valence-corrected chi connectivity index (χ3v) is 3.47. The molecule has 0 amide bonds. The molecule has 0 radical (unpaired) electrons. The van der Waals surface area contributed by atoms with Gasteiger partial charge < -0.3 is 10.3 Å². The van der Waals surface area contributed by atoms with Crippen molar-refractivity contribution >= 4 is 11.6 Å². The number of nitrogens with one attached hydrogen (secondary N) is 1. The molecule has 0 spiro atoms. The number of alkyl halides is 3. The van der Waals surface area contributed by atoms with Crippen molar-refractivity contribution < 1.29 is 13.2 Å². The highest BCUT2D eigenvalue weighted by Crippen LogP contribution is 2.34. The summed E-state index contributed by atoms with van der Waals surface area (Å²) in [4.78, 5) is 5.99. The Hall–Kier alpha value is -1.50. The summed E-state index contributed by atoms with van der Waals surface area (Å²) in [5.74, 6) is 6.07. The van der Waals surface area contributed by atoms with Gasteiger partial charge in [0.15, 0.2) is 0 Å². The van der Waals surface area contributed by atoms with Gasteiger partial charge in [0.05, 0.1) is 5.56 Å². The van der Waals surface area contributed by atoms with Gasteiger partial charge in [-0.3, -0.25) is 0 Å². The predicted octanol–water partition coefficient (Wildman–Crippen LogP) is 2.62. The average Bonchev–Trinajstić information content (AvgIpc) is 2.86. The minimum atomic E-state index is -4.40. The number of hydrogen-bond acceptors (Lipinski definition) is 4. The number of nitrogens with two attached hydrogens (primary N) is 1. The van der Waals surface area contributed by atoms with E-state index in [1.807, 2.05) is 4.90 Å². The molecule has 106 valence electrons. The highest BCUT2D eigenvalue weighted by Gasteiger charge is 2.33. The van der Waals surface area contributed by atoms with Crippen molar-refractivity contribution in [1.82, 2.24) is 4.98 Å². The zero-order valence-corrected chi connectivity index (χ0v) is 10.7. The number of nitrogen functional groups attached to an aromatic ring is 1. The van der Waals surface area contributed by atoms with Gasteiger partial charge in [-0.25, -0.2) is 10.8 Å². The average molecular weight is 274 g/mol. The molecule has 1 aromatic heterocycles. The van der Waals surface area contributed by atoms with Gasteiger partial charge in [-0.1, -0.05) is 13.3 Å². The van der Waals surface area contributed by atoms with Gasteiger partial charge in [0.1, 0.15) is 11.6 Å². The molecule has 3 N–H and O–H groups in total. The third kappa shape index (κ3) is 3.09. The molecule has 1 unspecified atom stereocenters. The molecular formula is C12H17F3N4. The highest BCUT2D eigenvalue weighted by molar-refractivity contribution is 5.51. The van der Waals surface area contributed by atoms with E-state index < -0.39 is 11.7 Å². The van der Waals surface area contributed by atoms with Crippen LogP contribution in [-0.4, -0.2) is 18.1 Å². The Bertz CT molecular complexity index is 447. The molecule has 0 saturated carbocycles. The molecule has 1 atom stereocenters. The number of nitrogens with zero attached hydrogens (tertiary/aromatic N) is 2. The zero-order chi connectivity index (χ0) is 14.0. The van der Waals surface area contributed by atoms with Crippen LogP contribution in [0, 0.1) is 5.92 Å². The van der Waals surface area contributed by atoms with Crippen LogP contribution in [0.1, 0.15) is 25.3 Å². The lowest BCUT2D eigenvalue weighted by atomic mass is 10.1. The molecule has 2 heterocycles. The lowest BCUT2D eigenvalue weighted by Crippen LogP contribution is -2.22. The second-order valence-electron chi connectivity index (χ2n) is 4.75. The van der Waals surface area contributed by atoms with Crippen LogP contribution in [0.4, 0.5) is 24.8 Å². The Labute approximate surface area is 109 Å². The van der Waals surface area contributed by atoms with Crippen molar-refractivity contribution in [3.8, 4) is 0 Å². The molecule has 7 heteroatoms. The van der Waals surface area contributed by atoms with Gasteiger partial charge in [-0.2, -0.15) is 13.2 Å². The second kappa shape index (κ2) is 5.24. The Morgan fingerprint density at radius 2 is 2.21 bits per heavy atom. The maximum atomic E-state index is 12.8. The molecule has 2 rings (SSSR count). The van der Waals surface area contributed by atoms with E-state index >= 15 is 0 Å². The van der Waals surface area contributed by atoms with Crippen LogP contribution in [0.2, 0.25) is 0 Å². The Morgan fingerprint density at radius 3 is 2.74 bits per heavy atom. The van der Waals surface area contributed by atoms with Crippen LogP contribution in [0.5, 0.6) is 0 Å². The van der Waals surface area contributed by atoms with Crippen LogP contribution in [0.15, 0.2) is 12.1 Å². The lowest BCUT2D eigenvalue weighted by molar-refractivity contribution is -0.137. The van der Waals surface area contributed by atoms with Crippen molar-refractivity contribution in [3.63, 3.8) is 0 Å². The number of aromatic nitrogens is 1. The normalized spacial score (nSPS) is 19.8. The van der Waals surface area contributed by atoms with Crippen LogP contribution in [0.25, 0.3) is 0 Å². The molecule has 19 heavy (non-hydrogen) atoms. The first-order valence-corrected chi connectivity index (χ1v) is 6.25. The van der Waals surface area contributed by atoms with Crippen molar-refractivity contribution in [1.29, 1.82) is 0 Å². The summed E-state index contributed by atoms with van der Waals surface area (Å²) in [6.07, 6.45) is -2.38. The minimum Gasteiger partial charge on any atom is -0.356 e. The van der Waals surface area contributed by atoms with Crippen LogP contribution >= 0.6 is 0 Å². The van der Waals surface area contributed by atoms with Gasteiger partial charge in [0.25, 0.3) is 0 Å². The smallest absolute Gasteiger partial charge is 0.356 e. The second-order valence-corrected chi connectivity index (χ2v) is 4.75. The fourth-order valence-electron chi connectivity index (χ4n) is 2.29. The predicted molar refractivity (Wildman–Crippen MR) is 67.7 cm³/mol. The van der Waals surface area contributed by atoms with Gasteiger partial charge in [0, 0.05) is 13.1 Å². The van der Waals surface area contributed by atoms with E-state index in [1.165, 1.54) is 0 Å². The van der Waals surface area contributed by atoms with Crippen molar-refractivity contribution in [2.24, 2.45) is 11.8 Å². The summed E-state index contributed by atoms with van der Waals surface area (Å²) in [6, 6.07) is 2.00. The molecule has 1 fully saturated rings. The molecule has 0 bridgehead atoms. The molecule has 0 aliphatic carbocycles. The van der Waals surface area contributed by atoms with E-state index in [2.05, 4.69) is 17.3 Å². The summed E-state index contributed by atoms with van der Waals surface area (Å²) in [5, 5.41) is 0. The van der Waals surface area contributed by atoms with E-state index in [0.29, 0.717) is 11.7 Å². The molecule has 1 aromatic rings. The number of halogens is 3. The van der Waals surface area contributed by atoms with Gasteiger partial charge in [-0.05, 0) is 24.5 Å². The lowest BCUT2D eigenvalue weighted by Gasteiger charge is -2.20. The quantitative estimate of drug-likeness (QED) is 0.657. The van der Waals surface area contributed by atoms with Gasteiger partial charge in [-0.15, -0.1) is 0 Å². The van der Waals surface area contributed by atoms with Crippen molar-refractivity contribution in [2.45, 2.75) is 25.9 Å². The number of rotatable bonds is 3. The number of anilines is 2. The summed E-state index contributed by atoms with van der Waals surface area (Å²) in [6.45, 7) is 3.56. The SMILES string of the molecule is CCC1CCN(c2cc(C(F)(F)F)cc(NN)n2)C1. The van der Waals surface area contributed by atoms with Crippen LogP contribution in [-0.2, 0) is 6.18 Å². The van der Waals surface area contributed by atoms with E-state index in [0.717, 1.165) is 38.1 Å². The first-order chi connectivity index (χ1) is 8.94. The number of pyridine rings is 1. The van der Waals surface area contributed by atoms with Crippen LogP contribution in [0.3, 0.4) is 0 Å². The largest absolute Gasteiger partial charge is 0.416 e. The Morgan fingerprint density at radius 1 is 1.47 bits per heavy atom. The Kier molecular flexibility index (Phi) is 3.84. The summed E-state index contributed by atoms with van der Waals surface area (Å²) >= 11 is 0. The standard InChI is InChI=1S/C12H17F3N4/c1-2-8-3-4-19(7-8)11-6-9(12(13,14)15)5-10(17-11)18-16/h5-6,8H,2-4,7,16H2,1H3,(H,17,18). The van der Waals surface area contributed by atoms with Crippen molar-refractivity contribution in [3.05, 3.63) is 17.7 Å². The summed E-state index contributed by atoms with van der Waals surface area (Å²) < 4.78 is 38.4. The summed E-state index contributed by atoms with van der Waals surface area (Å²) in [7, 11) is 0. The fraction of sp³-hybridized carbons (Fsp3) is 0.583. The monoisotopic (exact) mass is 274 g/mol. The molecule has 1 aliphatic heterocycles. The molecular weight excluding hydrogens is 257 g/mol.